The largest absolute Gasteiger partial charge is 0.391 e. The first kappa shape index (κ1) is 20.2. The third kappa shape index (κ3) is 3.98. The monoisotopic (exact) mass is 399 g/mol. The molecule has 148 valence electrons. The van der Waals surface area contributed by atoms with Gasteiger partial charge in [-0.2, -0.15) is 5.10 Å². The highest BCUT2D eigenvalue weighted by molar-refractivity contribution is 7.71. The number of benzene rings is 1. The van der Waals surface area contributed by atoms with Gasteiger partial charge in [-0.3, -0.25) is 9.89 Å². The lowest BCUT2D eigenvalue weighted by Gasteiger charge is -2.33. The second-order valence-corrected chi connectivity index (χ2v) is 6.87. The maximum atomic E-state index is 13.4. The minimum absolute atomic E-state index is 0.0873. The van der Waals surface area contributed by atoms with Gasteiger partial charge in [0, 0.05) is 13.1 Å². The molecule has 7 nitrogen and oxygen atoms in total. The number of aliphatic hydroxyl groups is 1. The maximum Gasteiger partial charge on any atom is 0.250 e. The van der Waals surface area contributed by atoms with Crippen LogP contribution in [-0.2, 0) is 4.79 Å². The lowest BCUT2D eigenvalue weighted by atomic mass is 10.0. The number of aromatic amines is 1. The summed E-state index contributed by atoms with van der Waals surface area (Å²) in [5.74, 6) is -0.0873. The number of hydrogen-bond acceptors (Lipinski definition) is 5. The zero-order chi connectivity index (χ0) is 20.1. The number of likely N-dealkylation sites (tertiary alicyclic amines) is 1. The summed E-state index contributed by atoms with van der Waals surface area (Å²) < 4.78 is 2.22. The maximum absolute atomic E-state index is 13.4. The van der Waals surface area contributed by atoms with Crippen LogP contribution in [0.4, 0.5) is 0 Å². The lowest BCUT2D eigenvalue weighted by molar-refractivity contribution is -0.136. The molecule has 0 spiro atoms. The molecule has 1 aliphatic rings. The van der Waals surface area contributed by atoms with Crippen molar-refractivity contribution in [3.05, 3.63) is 53.1 Å². The summed E-state index contributed by atoms with van der Waals surface area (Å²) in [6.07, 6.45) is 4.24. The van der Waals surface area contributed by atoms with Crippen molar-refractivity contribution in [1.29, 1.82) is 0 Å². The topological polar surface area (TPSA) is 87.0 Å². The normalized spacial score (nSPS) is 17.7. The Morgan fingerprint density at radius 3 is 2.79 bits per heavy atom. The number of piperidine rings is 1. The number of carbonyl (C=O) groups excluding carboxylic acids is 1. The van der Waals surface area contributed by atoms with Crippen molar-refractivity contribution in [2.45, 2.75) is 38.8 Å². The fourth-order valence-corrected chi connectivity index (χ4v) is 3.72. The second kappa shape index (κ2) is 9.07. The van der Waals surface area contributed by atoms with Crippen molar-refractivity contribution >= 4 is 29.2 Å². The molecule has 1 amide bonds. The van der Waals surface area contributed by atoms with Crippen LogP contribution in [0.5, 0.6) is 0 Å². The van der Waals surface area contributed by atoms with Crippen LogP contribution in [0.3, 0.4) is 0 Å². The molecule has 3 aromatic rings. The standard InChI is InChI=1S/C18H19N5O2S.C2H6/c24-13-7-4-8-22(10-13)17(25)15(12-5-2-1-3-6-12)23-11-19-16-14(18(23)26)9-20-21-16;1-2/h1-3,5-6,9,11,13,15,24H,4,7-8,10H2,(H,20,21);1-2H3. The van der Waals surface area contributed by atoms with Crippen molar-refractivity contribution in [1.82, 2.24) is 24.6 Å². The van der Waals surface area contributed by atoms with E-state index in [4.69, 9.17) is 12.2 Å². The number of aromatic nitrogens is 4. The number of carbonyl (C=O) groups is 1. The first-order chi connectivity index (χ1) is 13.6. The lowest BCUT2D eigenvalue weighted by Crippen LogP contribution is -2.45. The van der Waals surface area contributed by atoms with E-state index in [1.807, 2.05) is 44.2 Å². The molecule has 0 bridgehead atoms. The van der Waals surface area contributed by atoms with Crippen LogP contribution in [0.1, 0.15) is 38.3 Å². The Morgan fingerprint density at radius 2 is 2.07 bits per heavy atom. The smallest absolute Gasteiger partial charge is 0.250 e. The van der Waals surface area contributed by atoms with Crippen molar-refractivity contribution < 1.29 is 9.90 Å². The van der Waals surface area contributed by atoms with Crippen LogP contribution in [0.15, 0.2) is 42.9 Å². The summed E-state index contributed by atoms with van der Waals surface area (Å²) in [6, 6.07) is 8.89. The van der Waals surface area contributed by atoms with E-state index >= 15 is 0 Å². The Bertz CT molecular complexity index is 985. The summed E-state index contributed by atoms with van der Waals surface area (Å²) in [5.41, 5.74) is 1.43. The highest BCUT2D eigenvalue weighted by Gasteiger charge is 2.31. The van der Waals surface area contributed by atoms with Crippen LogP contribution in [0, 0.1) is 4.64 Å². The Hall–Kier alpha value is -2.58. The van der Waals surface area contributed by atoms with E-state index < -0.39 is 12.1 Å². The summed E-state index contributed by atoms with van der Waals surface area (Å²) in [5, 5.41) is 17.5. The van der Waals surface area contributed by atoms with Gasteiger partial charge < -0.3 is 14.6 Å². The molecule has 3 heterocycles. The third-order valence-electron chi connectivity index (χ3n) is 4.73. The van der Waals surface area contributed by atoms with Crippen molar-refractivity contribution in [2.75, 3.05) is 13.1 Å². The van der Waals surface area contributed by atoms with Gasteiger partial charge in [0.2, 0.25) is 5.91 Å². The Kier molecular flexibility index (Phi) is 6.53. The van der Waals surface area contributed by atoms with Gasteiger partial charge in [0.1, 0.15) is 10.7 Å². The number of rotatable bonds is 3. The summed E-state index contributed by atoms with van der Waals surface area (Å²) >= 11 is 5.61. The molecule has 1 saturated heterocycles. The molecule has 0 saturated carbocycles. The van der Waals surface area contributed by atoms with Gasteiger partial charge in [0.25, 0.3) is 0 Å². The minimum Gasteiger partial charge on any atom is -0.391 e. The molecule has 0 radical (unpaired) electrons. The molecule has 1 aromatic carbocycles. The van der Waals surface area contributed by atoms with Crippen molar-refractivity contribution in [3.63, 3.8) is 0 Å². The summed E-state index contributed by atoms with van der Waals surface area (Å²) in [7, 11) is 0. The Morgan fingerprint density at radius 1 is 1.32 bits per heavy atom. The van der Waals surface area contributed by atoms with Gasteiger partial charge in [-0.05, 0) is 18.4 Å². The average molecular weight is 400 g/mol. The van der Waals surface area contributed by atoms with Crippen LogP contribution in [0.25, 0.3) is 11.0 Å². The third-order valence-corrected chi connectivity index (χ3v) is 5.16. The van der Waals surface area contributed by atoms with E-state index in [1.54, 1.807) is 22.0 Å². The van der Waals surface area contributed by atoms with Crippen LogP contribution >= 0.6 is 12.2 Å². The van der Waals surface area contributed by atoms with E-state index in [1.165, 1.54) is 0 Å². The molecule has 4 rings (SSSR count). The molecule has 28 heavy (non-hydrogen) atoms. The van der Waals surface area contributed by atoms with Crippen LogP contribution < -0.4 is 0 Å². The molecule has 0 aliphatic carbocycles. The predicted octanol–water partition coefficient (Wildman–Crippen LogP) is 3.09. The van der Waals surface area contributed by atoms with Gasteiger partial charge in [-0.15, -0.1) is 0 Å². The van der Waals surface area contributed by atoms with E-state index in [9.17, 15) is 9.90 Å². The zero-order valence-electron chi connectivity index (χ0n) is 16.1. The van der Waals surface area contributed by atoms with Gasteiger partial charge in [0.05, 0.1) is 24.0 Å². The Balaban J connectivity index is 0.00000109. The van der Waals surface area contributed by atoms with Gasteiger partial charge >= 0.3 is 0 Å². The molecular weight excluding hydrogens is 374 g/mol. The molecule has 2 unspecified atom stereocenters. The number of H-pyrrole nitrogens is 1. The molecule has 2 N–H and O–H groups in total. The van der Waals surface area contributed by atoms with Crippen LogP contribution in [-0.4, -0.2) is 54.9 Å². The fourth-order valence-electron chi connectivity index (χ4n) is 3.41. The van der Waals surface area contributed by atoms with E-state index in [0.29, 0.717) is 28.8 Å². The number of aliphatic hydroxyl groups excluding tert-OH is 1. The quantitative estimate of drug-likeness (QED) is 0.661. The van der Waals surface area contributed by atoms with E-state index in [-0.39, 0.29) is 5.91 Å². The average Bonchev–Trinajstić information content (AvgIpc) is 3.22. The first-order valence-electron chi connectivity index (χ1n) is 9.57. The molecule has 2 aromatic heterocycles. The van der Waals surface area contributed by atoms with Gasteiger partial charge in [0.15, 0.2) is 5.65 Å². The molecule has 8 heteroatoms. The SMILES string of the molecule is CC.O=C(C(c1ccccc1)n1cnc2[nH]ncc2c1=S)N1CCCC(O)C1. The second-order valence-electron chi connectivity index (χ2n) is 6.48. The summed E-state index contributed by atoms with van der Waals surface area (Å²) in [4.78, 5) is 19.4. The highest BCUT2D eigenvalue weighted by atomic mass is 32.1. The number of fused-ring (bicyclic) bond motifs is 1. The zero-order valence-corrected chi connectivity index (χ0v) is 16.9. The van der Waals surface area contributed by atoms with Crippen molar-refractivity contribution in [2.24, 2.45) is 0 Å². The number of β-amino-alcohol motifs (C(OH)–C–C–N with tert-alkyl or cyclic N) is 1. The molecule has 2 atom stereocenters. The minimum atomic E-state index is -0.624. The van der Waals surface area contributed by atoms with E-state index in [0.717, 1.165) is 18.4 Å². The van der Waals surface area contributed by atoms with Crippen LogP contribution in [0.2, 0.25) is 0 Å². The van der Waals surface area contributed by atoms with E-state index in [2.05, 4.69) is 15.2 Å². The van der Waals surface area contributed by atoms with Crippen molar-refractivity contribution in [3.8, 4) is 0 Å². The fraction of sp³-hybridized carbons (Fsp3) is 0.400. The number of amides is 1. The highest BCUT2D eigenvalue weighted by Crippen LogP contribution is 2.25. The number of hydrogen-bond donors (Lipinski definition) is 2. The Labute approximate surface area is 169 Å². The number of nitrogens with zero attached hydrogens (tertiary/aromatic N) is 4. The molecular formula is C20H25N5O2S. The van der Waals surface area contributed by atoms with Gasteiger partial charge in [-0.1, -0.05) is 56.4 Å². The number of nitrogens with one attached hydrogen (secondary N) is 1. The first-order valence-corrected chi connectivity index (χ1v) is 9.98. The predicted molar refractivity (Wildman–Crippen MR) is 110 cm³/mol. The summed E-state index contributed by atoms with van der Waals surface area (Å²) in [6.45, 7) is 4.98. The molecule has 1 fully saturated rings. The van der Waals surface area contributed by atoms with Gasteiger partial charge in [-0.25, -0.2) is 4.98 Å². The molecule has 1 aliphatic heterocycles.